The zero-order chi connectivity index (χ0) is 16.1. The summed E-state index contributed by atoms with van der Waals surface area (Å²) in [5.41, 5.74) is 1.11. The second-order valence-electron chi connectivity index (χ2n) is 6.13. The highest BCUT2D eigenvalue weighted by atomic mass is 16.5. The van der Waals surface area contributed by atoms with Crippen molar-refractivity contribution >= 4 is 0 Å². The first-order valence-corrected chi connectivity index (χ1v) is 8.41. The topological polar surface area (TPSA) is 51.4 Å². The Labute approximate surface area is 137 Å². The molecule has 5 heteroatoms. The highest BCUT2D eigenvalue weighted by molar-refractivity contribution is 5.32. The lowest BCUT2D eigenvalue weighted by atomic mass is 9.72. The summed E-state index contributed by atoms with van der Waals surface area (Å²) in [4.78, 5) is 7.02. The van der Waals surface area contributed by atoms with Crippen LogP contribution in [-0.4, -0.2) is 47.9 Å². The normalized spacial score (nSPS) is 18.2. The fourth-order valence-corrected chi connectivity index (χ4v) is 3.37. The maximum atomic E-state index is 5.59. The standard InChI is InChI=1S/C18H25N3O2/c1-3-22-14-13-21-11-9-18(10-12-21,16-7-5-4-6-8-16)17-19-15(2)20-23-17/h4-8H,3,9-14H2,1-2H3. The second-order valence-corrected chi connectivity index (χ2v) is 6.13. The van der Waals surface area contributed by atoms with E-state index in [2.05, 4.69) is 39.3 Å². The Morgan fingerprint density at radius 2 is 1.96 bits per heavy atom. The molecule has 1 aromatic carbocycles. The number of likely N-dealkylation sites (tertiary alicyclic amines) is 1. The van der Waals surface area contributed by atoms with E-state index in [1.165, 1.54) is 5.56 Å². The van der Waals surface area contributed by atoms with Crippen LogP contribution in [0, 0.1) is 6.92 Å². The van der Waals surface area contributed by atoms with Crippen LogP contribution in [0.3, 0.4) is 0 Å². The van der Waals surface area contributed by atoms with Crippen LogP contribution in [0.4, 0.5) is 0 Å². The van der Waals surface area contributed by atoms with Gasteiger partial charge in [-0.05, 0) is 45.3 Å². The molecule has 0 bridgehead atoms. The molecular weight excluding hydrogens is 290 g/mol. The molecule has 1 aromatic heterocycles. The number of aryl methyl sites for hydroxylation is 1. The van der Waals surface area contributed by atoms with Crippen molar-refractivity contribution in [2.75, 3.05) is 32.8 Å². The molecule has 1 aliphatic heterocycles. The summed E-state index contributed by atoms with van der Waals surface area (Å²) >= 11 is 0. The first kappa shape index (κ1) is 16.1. The Balaban J connectivity index is 1.79. The predicted molar refractivity (Wildman–Crippen MR) is 88.4 cm³/mol. The van der Waals surface area contributed by atoms with Gasteiger partial charge in [0, 0.05) is 13.2 Å². The van der Waals surface area contributed by atoms with Crippen molar-refractivity contribution in [2.24, 2.45) is 0 Å². The van der Waals surface area contributed by atoms with E-state index in [0.717, 1.165) is 51.6 Å². The minimum Gasteiger partial charge on any atom is -0.380 e. The van der Waals surface area contributed by atoms with E-state index in [1.54, 1.807) is 0 Å². The van der Waals surface area contributed by atoms with E-state index in [4.69, 9.17) is 9.26 Å². The number of nitrogens with zero attached hydrogens (tertiary/aromatic N) is 3. The largest absolute Gasteiger partial charge is 0.380 e. The smallest absolute Gasteiger partial charge is 0.237 e. The van der Waals surface area contributed by atoms with Gasteiger partial charge < -0.3 is 14.2 Å². The molecule has 1 fully saturated rings. The molecule has 124 valence electrons. The molecule has 0 N–H and O–H groups in total. The van der Waals surface area contributed by atoms with Gasteiger partial charge in [-0.15, -0.1) is 0 Å². The summed E-state index contributed by atoms with van der Waals surface area (Å²) in [5.74, 6) is 1.46. The van der Waals surface area contributed by atoms with Gasteiger partial charge in [0.15, 0.2) is 5.82 Å². The Hall–Kier alpha value is -1.72. The Bertz CT molecular complexity index is 604. The molecule has 1 aliphatic rings. The van der Waals surface area contributed by atoms with Crippen LogP contribution in [0.1, 0.15) is 37.0 Å². The minimum absolute atomic E-state index is 0.162. The molecule has 0 unspecified atom stereocenters. The lowest BCUT2D eigenvalue weighted by Crippen LogP contribution is -2.44. The van der Waals surface area contributed by atoms with Crippen molar-refractivity contribution in [2.45, 2.75) is 32.1 Å². The van der Waals surface area contributed by atoms with Crippen molar-refractivity contribution in [3.05, 3.63) is 47.6 Å². The number of hydrogen-bond acceptors (Lipinski definition) is 5. The quantitative estimate of drug-likeness (QED) is 0.767. The minimum atomic E-state index is -0.162. The van der Waals surface area contributed by atoms with E-state index in [1.807, 2.05) is 19.9 Å². The first-order chi connectivity index (χ1) is 11.2. The van der Waals surface area contributed by atoms with Gasteiger partial charge in [0.05, 0.1) is 12.0 Å². The van der Waals surface area contributed by atoms with Gasteiger partial charge in [0.1, 0.15) is 0 Å². The van der Waals surface area contributed by atoms with E-state index < -0.39 is 0 Å². The first-order valence-electron chi connectivity index (χ1n) is 8.41. The molecule has 0 spiro atoms. The Kier molecular flexibility index (Phi) is 5.08. The number of benzene rings is 1. The lowest BCUT2D eigenvalue weighted by Gasteiger charge is -2.39. The van der Waals surface area contributed by atoms with Crippen molar-refractivity contribution < 1.29 is 9.26 Å². The molecule has 3 rings (SSSR count). The van der Waals surface area contributed by atoms with Gasteiger partial charge in [-0.3, -0.25) is 0 Å². The van der Waals surface area contributed by atoms with Crippen LogP contribution < -0.4 is 0 Å². The van der Waals surface area contributed by atoms with Gasteiger partial charge in [-0.2, -0.15) is 4.98 Å². The van der Waals surface area contributed by atoms with Gasteiger partial charge in [0.25, 0.3) is 0 Å². The number of ether oxygens (including phenoxy) is 1. The average Bonchev–Trinajstić information content (AvgIpc) is 3.04. The molecule has 0 amide bonds. The maximum absolute atomic E-state index is 5.59. The van der Waals surface area contributed by atoms with E-state index in [-0.39, 0.29) is 5.41 Å². The maximum Gasteiger partial charge on any atom is 0.237 e. The van der Waals surface area contributed by atoms with Gasteiger partial charge in [-0.1, -0.05) is 35.5 Å². The zero-order valence-electron chi connectivity index (χ0n) is 14.0. The Morgan fingerprint density at radius 3 is 2.57 bits per heavy atom. The third kappa shape index (κ3) is 3.46. The summed E-state index contributed by atoms with van der Waals surface area (Å²) in [5, 5.41) is 4.02. The van der Waals surface area contributed by atoms with Crippen molar-refractivity contribution in [3.63, 3.8) is 0 Å². The van der Waals surface area contributed by atoms with Gasteiger partial charge >= 0.3 is 0 Å². The molecule has 0 saturated carbocycles. The molecule has 1 saturated heterocycles. The highest BCUT2D eigenvalue weighted by Gasteiger charge is 2.42. The SMILES string of the molecule is CCOCCN1CCC(c2ccccc2)(c2nc(C)no2)CC1. The zero-order valence-corrected chi connectivity index (χ0v) is 14.0. The van der Waals surface area contributed by atoms with E-state index in [0.29, 0.717) is 5.82 Å². The fraction of sp³-hybridized carbons (Fsp3) is 0.556. The summed E-state index contributed by atoms with van der Waals surface area (Å²) in [6.07, 6.45) is 1.98. The van der Waals surface area contributed by atoms with E-state index in [9.17, 15) is 0 Å². The summed E-state index contributed by atoms with van der Waals surface area (Å²) in [6.45, 7) is 8.52. The molecule has 2 heterocycles. The van der Waals surface area contributed by atoms with Crippen LogP contribution in [0.5, 0.6) is 0 Å². The highest BCUT2D eigenvalue weighted by Crippen LogP contribution is 2.40. The number of hydrogen-bond donors (Lipinski definition) is 0. The molecule has 0 aliphatic carbocycles. The van der Waals surface area contributed by atoms with Crippen molar-refractivity contribution in [3.8, 4) is 0 Å². The average molecular weight is 315 g/mol. The van der Waals surface area contributed by atoms with Crippen molar-refractivity contribution in [1.82, 2.24) is 15.0 Å². The second kappa shape index (κ2) is 7.23. The van der Waals surface area contributed by atoms with Crippen LogP contribution in [0.2, 0.25) is 0 Å². The van der Waals surface area contributed by atoms with Crippen LogP contribution in [0.15, 0.2) is 34.9 Å². The molecule has 5 nitrogen and oxygen atoms in total. The molecule has 0 atom stereocenters. The van der Waals surface area contributed by atoms with Crippen LogP contribution in [-0.2, 0) is 10.2 Å². The molecular formula is C18H25N3O2. The fourth-order valence-electron chi connectivity index (χ4n) is 3.37. The van der Waals surface area contributed by atoms with E-state index >= 15 is 0 Å². The number of aromatic nitrogens is 2. The van der Waals surface area contributed by atoms with Crippen molar-refractivity contribution in [1.29, 1.82) is 0 Å². The molecule has 2 aromatic rings. The summed E-state index contributed by atoms with van der Waals surface area (Å²) in [6, 6.07) is 10.6. The third-order valence-corrected chi connectivity index (χ3v) is 4.73. The monoisotopic (exact) mass is 315 g/mol. The van der Waals surface area contributed by atoms with Crippen LogP contribution >= 0.6 is 0 Å². The third-order valence-electron chi connectivity index (χ3n) is 4.73. The number of rotatable bonds is 6. The Morgan fingerprint density at radius 1 is 1.22 bits per heavy atom. The lowest BCUT2D eigenvalue weighted by molar-refractivity contribution is 0.0891. The molecule has 23 heavy (non-hydrogen) atoms. The summed E-state index contributed by atoms with van der Waals surface area (Å²) < 4.78 is 11.1. The predicted octanol–water partition coefficient (Wildman–Crippen LogP) is 2.80. The van der Waals surface area contributed by atoms with Gasteiger partial charge in [-0.25, -0.2) is 0 Å². The summed E-state index contributed by atoms with van der Waals surface area (Å²) in [7, 11) is 0. The molecule has 0 radical (unpaired) electrons. The number of piperidine rings is 1. The van der Waals surface area contributed by atoms with Crippen LogP contribution in [0.25, 0.3) is 0 Å². The van der Waals surface area contributed by atoms with Gasteiger partial charge in [0.2, 0.25) is 5.89 Å².